The van der Waals surface area contributed by atoms with Crippen LogP contribution in [0.4, 0.5) is 0 Å². The fourth-order valence-corrected chi connectivity index (χ4v) is 3.05. The number of carboxylic acid groups (broad SMARTS) is 1. The molecular weight excluding hydrogens is 234 g/mol. The predicted octanol–water partition coefficient (Wildman–Crippen LogP) is 1.12. The molecule has 0 bridgehead atoms. The Morgan fingerprint density at radius 3 is 2.72 bits per heavy atom. The number of carbonyl (C=O) groups is 2. The van der Waals surface area contributed by atoms with Crippen LogP contribution in [0.3, 0.4) is 0 Å². The van der Waals surface area contributed by atoms with Gasteiger partial charge in [-0.15, -0.1) is 0 Å². The minimum atomic E-state index is -0.827. The van der Waals surface area contributed by atoms with Gasteiger partial charge >= 0.3 is 5.97 Å². The van der Waals surface area contributed by atoms with Crippen molar-refractivity contribution in [1.29, 1.82) is 0 Å². The normalized spacial score (nSPS) is 32.5. The fourth-order valence-electron chi connectivity index (χ4n) is 3.05. The van der Waals surface area contributed by atoms with Gasteiger partial charge in [0.15, 0.2) is 0 Å². The molecule has 18 heavy (non-hydrogen) atoms. The van der Waals surface area contributed by atoms with Gasteiger partial charge in [0.1, 0.15) is 0 Å². The van der Waals surface area contributed by atoms with Gasteiger partial charge in [-0.25, -0.2) is 0 Å². The second kappa shape index (κ2) is 5.69. The molecule has 0 aromatic heterocycles. The van der Waals surface area contributed by atoms with Crippen LogP contribution in [-0.2, 0) is 14.3 Å². The highest BCUT2D eigenvalue weighted by atomic mass is 16.5. The van der Waals surface area contributed by atoms with Crippen LogP contribution in [-0.4, -0.2) is 47.7 Å². The lowest BCUT2D eigenvalue weighted by atomic mass is 9.93. The van der Waals surface area contributed by atoms with Gasteiger partial charge in [-0.3, -0.25) is 9.59 Å². The average molecular weight is 255 g/mol. The van der Waals surface area contributed by atoms with Crippen LogP contribution in [0.1, 0.15) is 32.6 Å². The molecule has 1 unspecified atom stereocenters. The molecule has 0 spiro atoms. The highest BCUT2D eigenvalue weighted by Gasteiger charge is 2.41. The fraction of sp³-hybridized carbons (Fsp3) is 0.846. The van der Waals surface area contributed by atoms with Crippen LogP contribution >= 0.6 is 0 Å². The van der Waals surface area contributed by atoms with Gasteiger partial charge in [0.25, 0.3) is 0 Å². The van der Waals surface area contributed by atoms with Crippen molar-refractivity contribution in [2.24, 2.45) is 11.8 Å². The highest BCUT2D eigenvalue weighted by Crippen LogP contribution is 2.34. The van der Waals surface area contributed by atoms with Gasteiger partial charge in [-0.05, 0) is 19.3 Å². The largest absolute Gasteiger partial charge is 0.481 e. The van der Waals surface area contributed by atoms with Crippen LogP contribution < -0.4 is 0 Å². The Kier molecular flexibility index (Phi) is 4.22. The van der Waals surface area contributed by atoms with Crippen LogP contribution in [0.25, 0.3) is 0 Å². The summed E-state index contributed by atoms with van der Waals surface area (Å²) in [5, 5.41) is 9.16. The topological polar surface area (TPSA) is 66.8 Å². The molecule has 102 valence electrons. The SMILES string of the molecule is CCC1COCCN1C(=O)[C@@H]1CCC[C@@H]1C(=O)O. The number of amides is 1. The number of hydrogen-bond acceptors (Lipinski definition) is 3. The third kappa shape index (κ3) is 2.51. The maximum Gasteiger partial charge on any atom is 0.307 e. The lowest BCUT2D eigenvalue weighted by Gasteiger charge is -2.37. The van der Waals surface area contributed by atoms with E-state index in [1.807, 2.05) is 11.8 Å². The Balaban J connectivity index is 2.07. The van der Waals surface area contributed by atoms with E-state index in [9.17, 15) is 9.59 Å². The van der Waals surface area contributed by atoms with Gasteiger partial charge < -0.3 is 14.7 Å². The molecule has 1 heterocycles. The van der Waals surface area contributed by atoms with E-state index in [4.69, 9.17) is 9.84 Å². The van der Waals surface area contributed by atoms with E-state index in [0.717, 1.165) is 12.8 Å². The Hall–Kier alpha value is -1.10. The molecule has 1 aliphatic heterocycles. The molecule has 2 rings (SSSR count). The Morgan fingerprint density at radius 2 is 2.06 bits per heavy atom. The minimum absolute atomic E-state index is 0.0232. The van der Waals surface area contributed by atoms with Crippen molar-refractivity contribution >= 4 is 11.9 Å². The van der Waals surface area contributed by atoms with E-state index < -0.39 is 11.9 Å². The molecule has 0 aromatic rings. The summed E-state index contributed by atoms with van der Waals surface area (Å²) in [6.45, 7) is 3.77. The quantitative estimate of drug-likeness (QED) is 0.820. The van der Waals surface area contributed by atoms with Crippen LogP contribution in [0.5, 0.6) is 0 Å². The second-order valence-corrected chi connectivity index (χ2v) is 5.15. The number of rotatable bonds is 3. The van der Waals surface area contributed by atoms with Crippen molar-refractivity contribution in [2.45, 2.75) is 38.6 Å². The van der Waals surface area contributed by atoms with Gasteiger partial charge in [0.2, 0.25) is 5.91 Å². The smallest absolute Gasteiger partial charge is 0.307 e. The molecule has 5 nitrogen and oxygen atoms in total. The number of carboxylic acids is 1. The molecule has 1 N–H and O–H groups in total. The van der Waals surface area contributed by atoms with Crippen molar-refractivity contribution in [2.75, 3.05) is 19.8 Å². The molecular formula is C13H21NO4. The lowest BCUT2D eigenvalue weighted by molar-refractivity contribution is -0.153. The van der Waals surface area contributed by atoms with Gasteiger partial charge in [-0.1, -0.05) is 13.3 Å². The van der Waals surface area contributed by atoms with Crippen molar-refractivity contribution in [3.63, 3.8) is 0 Å². The van der Waals surface area contributed by atoms with E-state index in [2.05, 4.69) is 0 Å². The molecule has 5 heteroatoms. The summed E-state index contributed by atoms with van der Waals surface area (Å²) >= 11 is 0. The Morgan fingerprint density at radius 1 is 1.33 bits per heavy atom. The number of morpholine rings is 1. The molecule has 1 saturated heterocycles. The Labute approximate surface area is 107 Å². The molecule has 2 aliphatic rings. The third-order valence-corrected chi connectivity index (χ3v) is 4.13. The summed E-state index contributed by atoms with van der Waals surface area (Å²) in [6, 6.07) is 0.112. The average Bonchev–Trinajstić information content (AvgIpc) is 2.87. The van der Waals surface area contributed by atoms with Crippen LogP contribution in [0.2, 0.25) is 0 Å². The summed E-state index contributed by atoms with van der Waals surface area (Å²) in [7, 11) is 0. The molecule has 1 aliphatic carbocycles. The van der Waals surface area contributed by atoms with Crippen molar-refractivity contribution in [3.8, 4) is 0 Å². The highest BCUT2D eigenvalue weighted by molar-refractivity contribution is 5.85. The zero-order valence-electron chi connectivity index (χ0n) is 10.8. The molecule has 0 aromatic carbocycles. The van der Waals surface area contributed by atoms with Gasteiger partial charge in [-0.2, -0.15) is 0 Å². The van der Waals surface area contributed by atoms with Crippen LogP contribution in [0, 0.1) is 11.8 Å². The second-order valence-electron chi connectivity index (χ2n) is 5.15. The number of nitrogens with zero attached hydrogens (tertiary/aromatic N) is 1. The zero-order valence-corrected chi connectivity index (χ0v) is 10.8. The number of hydrogen-bond donors (Lipinski definition) is 1. The van der Waals surface area contributed by atoms with Crippen molar-refractivity contribution in [3.05, 3.63) is 0 Å². The molecule has 0 radical (unpaired) electrons. The first-order valence-electron chi connectivity index (χ1n) is 6.76. The summed E-state index contributed by atoms with van der Waals surface area (Å²) < 4.78 is 5.38. The summed E-state index contributed by atoms with van der Waals surface area (Å²) in [5.41, 5.74) is 0. The molecule has 2 fully saturated rings. The van der Waals surface area contributed by atoms with Gasteiger partial charge in [0.05, 0.1) is 31.1 Å². The molecule has 1 amide bonds. The van der Waals surface area contributed by atoms with Gasteiger partial charge in [0, 0.05) is 6.54 Å². The first-order valence-corrected chi connectivity index (χ1v) is 6.76. The van der Waals surface area contributed by atoms with E-state index in [1.54, 1.807) is 0 Å². The van der Waals surface area contributed by atoms with E-state index >= 15 is 0 Å². The molecule has 3 atom stereocenters. The number of aliphatic carboxylic acids is 1. The summed E-state index contributed by atoms with van der Waals surface area (Å²) in [6.07, 6.45) is 3.04. The zero-order chi connectivity index (χ0) is 13.1. The Bertz CT molecular complexity index is 331. The monoisotopic (exact) mass is 255 g/mol. The van der Waals surface area contributed by atoms with E-state index in [0.29, 0.717) is 32.6 Å². The van der Waals surface area contributed by atoms with E-state index in [1.165, 1.54) is 0 Å². The van der Waals surface area contributed by atoms with Crippen molar-refractivity contribution in [1.82, 2.24) is 4.90 Å². The number of ether oxygens (including phenoxy) is 1. The van der Waals surface area contributed by atoms with Crippen molar-refractivity contribution < 1.29 is 19.4 Å². The summed E-state index contributed by atoms with van der Waals surface area (Å²) in [4.78, 5) is 25.5. The third-order valence-electron chi connectivity index (χ3n) is 4.13. The molecule has 1 saturated carbocycles. The minimum Gasteiger partial charge on any atom is -0.481 e. The first kappa shape index (κ1) is 13.3. The number of carbonyl (C=O) groups excluding carboxylic acids is 1. The predicted molar refractivity (Wildman–Crippen MR) is 65.1 cm³/mol. The summed E-state index contributed by atoms with van der Waals surface area (Å²) in [5.74, 6) is -1.62. The van der Waals surface area contributed by atoms with Crippen LogP contribution in [0.15, 0.2) is 0 Å². The van der Waals surface area contributed by atoms with E-state index in [-0.39, 0.29) is 17.9 Å². The maximum atomic E-state index is 12.5. The standard InChI is InChI=1S/C13H21NO4/c1-2-9-8-18-7-6-14(9)12(15)10-4-3-5-11(10)13(16)17/h9-11H,2-8H2,1H3,(H,16,17)/t9?,10-,11+/m1/s1. The first-order chi connectivity index (χ1) is 8.65. The maximum absolute atomic E-state index is 12.5. The lowest BCUT2D eigenvalue weighted by Crippen LogP contribution is -2.51.